The third-order valence-corrected chi connectivity index (χ3v) is 5.87. The number of benzene rings is 2. The molecule has 0 aromatic heterocycles. The Labute approximate surface area is 171 Å². The Morgan fingerprint density at radius 1 is 1.04 bits per heavy atom. The van der Waals surface area contributed by atoms with Gasteiger partial charge >= 0.3 is 0 Å². The van der Waals surface area contributed by atoms with Crippen LogP contribution in [0.15, 0.2) is 42.5 Å². The van der Waals surface area contributed by atoms with Crippen molar-refractivity contribution in [2.24, 2.45) is 0 Å². The Bertz CT molecular complexity index is 832. The van der Waals surface area contributed by atoms with Crippen LogP contribution in [-0.4, -0.2) is 62.1 Å². The first kappa shape index (κ1) is 19.1. The molecule has 2 aliphatic rings. The zero-order chi connectivity index (χ0) is 19.5. The first-order chi connectivity index (χ1) is 13.6. The molecule has 0 atom stereocenters. The van der Waals surface area contributed by atoms with Crippen molar-refractivity contribution in [3.05, 3.63) is 58.6 Å². The lowest BCUT2D eigenvalue weighted by molar-refractivity contribution is -0.134. The maximum atomic E-state index is 12.7. The second-order valence-corrected chi connectivity index (χ2v) is 7.95. The number of hydrogen-bond donors (Lipinski definition) is 0. The quantitative estimate of drug-likeness (QED) is 0.791. The van der Waals surface area contributed by atoms with Crippen LogP contribution in [0.5, 0.6) is 5.75 Å². The Kier molecular flexibility index (Phi) is 5.74. The van der Waals surface area contributed by atoms with E-state index in [0.29, 0.717) is 17.3 Å². The molecular weight excluding hydrogens is 374 g/mol. The molecule has 2 aromatic carbocycles. The molecule has 1 saturated heterocycles. The molecule has 2 heterocycles. The number of ether oxygens (including phenoxy) is 1. The molecule has 0 N–H and O–H groups in total. The zero-order valence-corrected chi connectivity index (χ0v) is 17.0. The molecular formula is C22H26ClN3O2. The van der Waals surface area contributed by atoms with Crippen LogP contribution in [0.4, 0.5) is 5.69 Å². The summed E-state index contributed by atoms with van der Waals surface area (Å²) in [5.41, 5.74) is 3.93. The van der Waals surface area contributed by atoms with Crippen molar-refractivity contribution >= 4 is 23.2 Å². The fourth-order valence-electron chi connectivity index (χ4n) is 3.89. The first-order valence-corrected chi connectivity index (χ1v) is 10.2. The normalized spacial score (nSPS) is 17.4. The van der Waals surface area contributed by atoms with E-state index >= 15 is 0 Å². The number of likely N-dealkylation sites (N-methyl/N-ethyl adjacent to an activating group) is 1. The molecule has 0 bridgehead atoms. The van der Waals surface area contributed by atoms with Gasteiger partial charge in [0.1, 0.15) is 5.75 Å². The predicted octanol–water partition coefficient (Wildman–Crippen LogP) is 3.06. The summed E-state index contributed by atoms with van der Waals surface area (Å²) in [5.74, 6) is 0.682. The summed E-state index contributed by atoms with van der Waals surface area (Å²) in [7, 11) is 2.17. The van der Waals surface area contributed by atoms with E-state index in [-0.39, 0.29) is 12.5 Å². The molecule has 0 spiro atoms. The summed E-state index contributed by atoms with van der Waals surface area (Å²) in [4.78, 5) is 19.5. The van der Waals surface area contributed by atoms with E-state index in [1.807, 2.05) is 4.90 Å². The molecule has 6 heteroatoms. The summed E-state index contributed by atoms with van der Waals surface area (Å²) in [6, 6.07) is 13.6. The number of amides is 1. The number of rotatable bonds is 4. The molecule has 1 fully saturated rings. The molecule has 2 aromatic rings. The number of piperazine rings is 1. The molecule has 0 radical (unpaired) electrons. The SMILES string of the molecule is CN1CCN(c2cccc3c2CN(C(=O)COc2ccc(Cl)cc2)CC3)CC1. The summed E-state index contributed by atoms with van der Waals surface area (Å²) in [6.45, 7) is 5.64. The van der Waals surface area contributed by atoms with Crippen molar-refractivity contribution in [3.63, 3.8) is 0 Å². The average Bonchev–Trinajstić information content (AvgIpc) is 2.73. The van der Waals surface area contributed by atoms with Crippen LogP contribution in [0, 0.1) is 0 Å². The molecule has 5 nitrogen and oxygen atoms in total. The monoisotopic (exact) mass is 399 g/mol. The van der Waals surface area contributed by atoms with Crippen molar-refractivity contribution in [3.8, 4) is 5.75 Å². The van der Waals surface area contributed by atoms with Gasteiger partial charge < -0.3 is 19.4 Å². The molecule has 28 heavy (non-hydrogen) atoms. The Balaban J connectivity index is 1.43. The maximum absolute atomic E-state index is 12.7. The molecule has 0 aliphatic carbocycles. The number of nitrogens with zero attached hydrogens (tertiary/aromatic N) is 3. The fourth-order valence-corrected chi connectivity index (χ4v) is 4.01. The zero-order valence-electron chi connectivity index (χ0n) is 16.2. The van der Waals surface area contributed by atoms with Gasteiger partial charge in [0.25, 0.3) is 5.91 Å². The van der Waals surface area contributed by atoms with E-state index in [1.165, 1.54) is 16.8 Å². The van der Waals surface area contributed by atoms with Gasteiger partial charge in [0.15, 0.2) is 6.61 Å². The second kappa shape index (κ2) is 8.41. The van der Waals surface area contributed by atoms with Gasteiger partial charge in [-0.25, -0.2) is 0 Å². The molecule has 1 amide bonds. The van der Waals surface area contributed by atoms with Gasteiger partial charge in [-0.2, -0.15) is 0 Å². The highest BCUT2D eigenvalue weighted by Gasteiger charge is 2.25. The Hall–Kier alpha value is -2.24. The van der Waals surface area contributed by atoms with Crippen molar-refractivity contribution in [1.82, 2.24) is 9.80 Å². The lowest BCUT2D eigenvalue weighted by Crippen LogP contribution is -2.45. The number of carbonyl (C=O) groups excluding carboxylic acids is 1. The van der Waals surface area contributed by atoms with Crippen LogP contribution in [0.1, 0.15) is 11.1 Å². The second-order valence-electron chi connectivity index (χ2n) is 7.51. The molecule has 2 aliphatic heterocycles. The molecule has 0 unspecified atom stereocenters. The summed E-state index contributed by atoms with van der Waals surface area (Å²) < 4.78 is 5.66. The fraction of sp³-hybridized carbons (Fsp3) is 0.409. The summed E-state index contributed by atoms with van der Waals surface area (Å²) in [5, 5.41) is 0.655. The van der Waals surface area contributed by atoms with E-state index < -0.39 is 0 Å². The number of halogens is 1. The minimum absolute atomic E-state index is 0.0220. The van der Waals surface area contributed by atoms with Crippen molar-refractivity contribution in [2.45, 2.75) is 13.0 Å². The van der Waals surface area contributed by atoms with Crippen LogP contribution >= 0.6 is 11.6 Å². The van der Waals surface area contributed by atoms with Crippen LogP contribution in [-0.2, 0) is 17.8 Å². The predicted molar refractivity (Wildman–Crippen MR) is 112 cm³/mol. The van der Waals surface area contributed by atoms with Crippen LogP contribution in [0.25, 0.3) is 0 Å². The lowest BCUT2D eigenvalue weighted by atomic mass is 9.97. The summed E-state index contributed by atoms with van der Waals surface area (Å²) >= 11 is 5.89. The number of carbonyl (C=O) groups is 1. The van der Waals surface area contributed by atoms with Gasteiger partial charge in [0.05, 0.1) is 0 Å². The van der Waals surface area contributed by atoms with Crippen molar-refractivity contribution in [1.29, 1.82) is 0 Å². The van der Waals surface area contributed by atoms with Crippen molar-refractivity contribution < 1.29 is 9.53 Å². The highest BCUT2D eigenvalue weighted by Crippen LogP contribution is 2.30. The van der Waals surface area contributed by atoms with Crippen LogP contribution in [0.3, 0.4) is 0 Å². The minimum Gasteiger partial charge on any atom is -0.484 e. The largest absolute Gasteiger partial charge is 0.484 e. The first-order valence-electron chi connectivity index (χ1n) is 9.80. The smallest absolute Gasteiger partial charge is 0.260 e. The van der Waals surface area contributed by atoms with E-state index in [4.69, 9.17) is 16.3 Å². The Morgan fingerprint density at radius 3 is 2.54 bits per heavy atom. The van der Waals surface area contributed by atoms with E-state index in [0.717, 1.165) is 39.1 Å². The highest BCUT2D eigenvalue weighted by atomic mass is 35.5. The van der Waals surface area contributed by atoms with Crippen molar-refractivity contribution in [2.75, 3.05) is 51.3 Å². The molecule has 148 valence electrons. The van der Waals surface area contributed by atoms with Crippen LogP contribution in [0.2, 0.25) is 5.02 Å². The third-order valence-electron chi connectivity index (χ3n) is 5.62. The molecule has 0 saturated carbocycles. The maximum Gasteiger partial charge on any atom is 0.260 e. The lowest BCUT2D eigenvalue weighted by Gasteiger charge is -2.38. The van der Waals surface area contributed by atoms with Crippen LogP contribution < -0.4 is 9.64 Å². The van der Waals surface area contributed by atoms with E-state index in [2.05, 4.69) is 35.0 Å². The van der Waals surface area contributed by atoms with Gasteiger partial charge in [-0.3, -0.25) is 4.79 Å². The number of hydrogen-bond acceptors (Lipinski definition) is 4. The van der Waals surface area contributed by atoms with Gasteiger partial charge in [-0.05, 0) is 54.9 Å². The van der Waals surface area contributed by atoms with E-state index in [1.54, 1.807) is 24.3 Å². The van der Waals surface area contributed by atoms with Gasteiger partial charge in [0.2, 0.25) is 0 Å². The standard InChI is InChI=1S/C22H26ClN3O2/c1-24-11-13-25(14-12-24)21-4-2-3-17-9-10-26(15-20(17)21)22(27)16-28-19-7-5-18(23)6-8-19/h2-8H,9-16H2,1H3. The third kappa shape index (κ3) is 4.26. The Morgan fingerprint density at radius 2 is 1.79 bits per heavy atom. The highest BCUT2D eigenvalue weighted by molar-refractivity contribution is 6.30. The topological polar surface area (TPSA) is 36.0 Å². The number of anilines is 1. The van der Waals surface area contributed by atoms with Gasteiger partial charge in [0, 0.05) is 50.0 Å². The van der Waals surface area contributed by atoms with Gasteiger partial charge in [-0.15, -0.1) is 0 Å². The minimum atomic E-state index is 0.0220. The summed E-state index contributed by atoms with van der Waals surface area (Å²) in [6.07, 6.45) is 0.892. The van der Waals surface area contributed by atoms with E-state index in [9.17, 15) is 4.79 Å². The average molecular weight is 400 g/mol. The number of fused-ring (bicyclic) bond motifs is 1. The van der Waals surface area contributed by atoms with Gasteiger partial charge in [-0.1, -0.05) is 23.7 Å². The molecule has 4 rings (SSSR count).